The number of rotatable bonds is 4. The zero-order valence-corrected chi connectivity index (χ0v) is 13.7. The van der Waals surface area contributed by atoms with Gasteiger partial charge in [-0.3, -0.25) is 0 Å². The average molecular weight is 376 g/mol. The molecule has 1 aromatic heterocycles. The van der Waals surface area contributed by atoms with E-state index in [-0.39, 0.29) is 24.0 Å². The van der Waals surface area contributed by atoms with Gasteiger partial charge in [0.05, 0.1) is 23.3 Å². The standard InChI is InChI=1S/C14H15F3N4O3S/c15-14(16,17)24-12-1-3-13(4-2-12)25(22,23)20-9-5-11(6-10-20)21-18-7-8-19-21/h1-4,7-8,11H,5-6,9-10H2. The molecule has 1 aliphatic heterocycles. The maximum Gasteiger partial charge on any atom is 0.573 e. The number of aromatic nitrogens is 3. The minimum absolute atomic E-state index is 0.0315. The summed E-state index contributed by atoms with van der Waals surface area (Å²) in [4.78, 5) is 1.49. The van der Waals surface area contributed by atoms with Gasteiger partial charge in [-0.1, -0.05) is 0 Å². The number of benzene rings is 1. The predicted octanol–water partition coefficient (Wildman–Crippen LogP) is 2.20. The number of nitrogens with zero attached hydrogens (tertiary/aromatic N) is 4. The van der Waals surface area contributed by atoms with E-state index >= 15 is 0 Å². The van der Waals surface area contributed by atoms with Crippen molar-refractivity contribution in [2.24, 2.45) is 0 Å². The van der Waals surface area contributed by atoms with Gasteiger partial charge in [0.25, 0.3) is 0 Å². The van der Waals surface area contributed by atoms with Crippen LogP contribution < -0.4 is 4.74 Å². The van der Waals surface area contributed by atoms with Gasteiger partial charge in [-0.15, -0.1) is 13.2 Å². The molecule has 0 radical (unpaired) electrons. The molecule has 3 rings (SSSR count). The molecule has 11 heteroatoms. The summed E-state index contributed by atoms with van der Waals surface area (Å²) >= 11 is 0. The first kappa shape index (κ1) is 17.7. The van der Waals surface area contributed by atoms with E-state index in [1.807, 2.05) is 0 Å². The summed E-state index contributed by atoms with van der Waals surface area (Å²) in [6, 6.07) is 4.22. The van der Waals surface area contributed by atoms with E-state index in [1.165, 1.54) is 4.31 Å². The lowest BCUT2D eigenvalue weighted by molar-refractivity contribution is -0.274. The van der Waals surface area contributed by atoms with Crippen LogP contribution >= 0.6 is 0 Å². The molecule has 25 heavy (non-hydrogen) atoms. The number of piperidine rings is 1. The van der Waals surface area contributed by atoms with Crippen molar-refractivity contribution in [3.05, 3.63) is 36.7 Å². The van der Waals surface area contributed by atoms with Gasteiger partial charge in [0.1, 0.15) is 5.75 Å². The maximum absolute atomic E-state index is 12.6. The van der Waals surface area contributed by atoms with Crippen molar-refractivity contribution >= 4 is 10.0 Å². The van der Waals surface area contributed by atoms with Gasteiger partial charge in [0.2, 0.25) is 10.0 Å². The van der Waals surface area contributed by atoms with Crippen LogP contribution in [0.25, 0.3) is 0 Å². The SMILES string of the molecule is O=S(=O)(c1ccc(OC(F)(F)F)cc1)N1CCC(n2nccn2)CC1. The summed E-state index contributed by atoms with van der Waals surface area (Å²) in [5, 5.41) is 8.11. The first-order valence-electron chi connectivity index (χ1n) is 7.47. The third kappa shape index (κ3) is 4.10. The number of hydrogen-bond acceptors (Lipinski definition) is 5. The van der Waals surface area contributed by atoms with E-state index in [2.05, 4.69) is 14.9 Å². The minimum Gasteiger partial charge on any atom is -0.406 e. The predicted molar refractivity (Wildman–Crippen MR) is 80.2 cm³/mol. The molecule has 7 nitrogen and oxygen atoms in total. The third-order valence-corrected chi connectivity index (χ3v) is 5.79. The van der Waals surface area contributed by atoms with E-state index in [1.54, 1.807) is 17.2 Å². The summed E-state index contributed by atoms with van der Waals surface area (Å²) in [7, 11) is -3.77. The Morgan fingerprint density at radius 2 is 1.60 bits per heavy atom. The Labute approximate surface area is 142 Å². The number of hydrogen-bond donors (Lipinski definition) is 0. The van der Waals surface area contributed by atoms with Crippen LogP contribution in [0.1, 0.15) is 18.9 Å². The van der Waals surface area contributed by atoms with Gasteiger partial charge in [0.15, 0.2) is 0 Å². The Kier molecular flexibility index (Phi) is 4.69. The smallest absolute Gasteiger partial charge is 0.406 e. The van der Waals surface area contributed by atoms with E-state index in [0.29, 0.717) is 12.8 Å². The highest BCUT2D eigenvalue weighted by Crippen LogP contribution is 2.28. The van der Waals surface area contributed by atoms with Crippen LogP contribution in [0.2, 0.25) is 0 Å². The highest BCUT2D eigenvalue weighted by molar-refractivity contribution is 7.89. The van der Waals surface area contributed by atoms with Gasteiger partial charge in [-0.2, -0.15) is 19.3 Å². The molecule has 2 heterocycles. The summed E-state index contributed by atoms with van der Waals surface area (Å²) in [5.74, 6) is -0.463. The Hall–Kier alpha value is -2.14. The molecular weight excluding hydrogens is 361 g/mol. The van der Waals surface area contributed by atoms with Crippen molar-refractivity contribution in [3.63, 3.8) is 0 Å². The fourth-order valence-electron chi connectivity index (χ4n) is 2.69. The Bertz CT molecular complexity index is 799. The van der Waals surface area contributed by atoms with Crippen LogP contribution in [0.4, 0.5) is 13.2 Å². The minimum atomic E-state index is -4.82. The molecule has 1 saturated heterocycles. The lowest BCUT2D eigenvalue weighted by Crippen LogP contribution is -2.39. The molecule has 0 bridgehead atoms. The molecule has 0 N–H and O–H groups in total. The van der Waals surface area contributed by atoms with Gasteiger partial charge in [-0.05, 0) is 37.1 Å². The second-order valence-electron chi connectivity index (χ2n) is 5.50. The molecule has 2 aromatic rings. The second-order valence-corrected chi connectivity index (χ2v) is 7.44. The van der Waals surface area contributed by atoms with Crippen molar-refractivity contribution in [2.45, 2.75) is 30.1 Å². The van der Waals surface area contributed by atoms with Gasteiger partial charge in [-0.25, -0.2) is 8.42 Å². The topological polar surface area (TPSA) is 77.3 Å². The van der Waals surface area contributed by atoms with Gasteiger partial charge < -0.3 is 4.74 Å². The third-order valence-electron chi connectivity index (χ3n) is 3.88. The van der Waals surface area contributed by atoms with Crippen LogP contribution in [0, 0.1) is 0 Å². The highest BCUT2D eigenvalue weighted by atomic mass is 32.2. The lowest BCUT2D eigenvalue weighted by Gasteiger charge is -2.30. The molecule has 0 unspecified atom stereocenters. The monoisotopic (exact) mass is 376 g/mol. The number of sulfonamides is 1. The Morgan fingerprint density at radius 1 is 1.04 bits per heavy atom. The van der Waals surface area contributed by atoms with Crippen molar-refractivity contribution in [3.8, 4) is 5.75 Å². The molecule has 136 valence electrons. The normalized spacial score (nSPS) is 17.6. The molecule has 1 fully saturated rings. The van der Waals surface area contributed by atoms with Crippen LogP contribution in [0.5, 0.6) is 5.75 Å². The second kappa shape index (κ2) is 6.64. The number of alkyl halides is 3. The van der Waals surface area contributed by atoms with Crippen molar-refractivity contribution in [1.29, 1.82) is 0 Å². The molecule has 0 saturated carbocycles. The largest absolute Gasteiger partial charge is 0.573 e. The van der Waals surface area contributed by atoms with E-state index < -0.39 is 22.1 Å². The quantitative estimate of drug-likeness (QED) is 0.818. The summed E-state index contributed by atoms with van der Waals surface area (Å²) in [6.45, 7) is 0.574. The molecule has 1 aliphatic rings. The Morgan fingerprint density at radius 3 is 2.12 bits per heavy atom. The molecular formula is C14H15F3N4O3S. The van der Waals surface area contributed by atoms with Crippen molar-refractivity contribution in [2.75, 3.05) is 13.1 Å². The Balaban J connectivity index is 1.68. The number of ether oxygens (including phenoxy) is 1. The summed E-state index contributed by atoms with van der Waals surface area (Å²) in [5.41, 5.74) is 0. The first-order valence-corrected chi connectivity index (χ1v) is 8.91. The fourth-order valence-corrected chi connectivity index (χ4v) is 4.16. The average Bonchev–Trinajstić information content (AvgIpc) is 3.08. The molecule has 0 spiro atoms. The highest BCUT2D eigenvalue weighted by Gasteiger charge is 2.32. The van der Waals surface area contributed by atoms with Gasteiger partial charge in [0, 0.05) is 13.1 Å². The first-order chi connectivity index (χ1) is 11.8. The van der Waals surface area contributed by atoms with E-state index in [4.69, 9.17) is 0 Å². The van der Waals surface area contributed by atoms with Crippen LogP contribution in [0.3, 0.4) is 0 Å². The molecule has 0 aliphatic carbocycles. The lowest BCUT2D eigenvalue weighted by atomic mass is 10.1. The fraction of sp³-hybridized carbons (Fsp3) is 0.429. The summed E-state index contributed by atoms with van der Waals surface area (Å²) < 4.78 is 66.7. The van der Waals surface area contributed by atoms with E-state index in [0.717, 1.165) is 24.3 Å². The molecule has 0 atom stereocenters. The van der Waals surface area contributed by atoms with Crippen LogP contribution in [-0.4, -0.2) is 47.2 Å². The summed E-state index contributed by atoms with van der Waals surface area (Å²) in [6.07, 6.45) is -0.573. The van der Waals surface area contributed by atoms with Crippen LogP contribution in [0.15, 0.2) is 41.6 Å². The zero-order chi connectivity index (χ0) is 18.1. The van der Waals surface area contributed by atoms with Gasteiger partial charge >= 0.3 is 6.36 Å². The molecule has 0 amide bonds. The maximum atomic E-state index is 12.6. The van der Waals surface area contributed by atoms with Crippen molar-refractivity contribution < 1.29 is 26.3 Å². The molecule has 1 aromatic carbocycles. The van der Waals surface area contributed by atoms with Crippen molar-refractivity contribution in [1.82, 2.24) is 19.3 Å². The number of halogens is 3. The van der Waals surface area contributed by atoms with E-state index in [9.17, 15) is 21.6 Å². The van der Waals surface area contributed by atoms with Crippen LogP contribution in [-0.2, 0) is 10.0 Å². The zero-order valence-electron chi connectivity index (χ0n) is 12.9.